The Bertz CT molecular complexity index is 763. The van der Waals surface area contributed by atoms with E-state index in [9.17, 15) is 9.18 Å². The molecule has 2 aromatic carbocycles. The number of carbonyl (C=O) groups is 1. The Morgan fingerprint density at radius 1 is 1.08 bits per heavy atom. The van der Waals surface area contributed by atoms with Crippen molar-refractivity contribution in [3.05, 3.63) is 83.7 Å². The first-order valence-corrected chi connectivity index (χ1v) is 7.48. The van der Waals surface area contributed by atoms with E-state index < -0.39 is 0 Å². The van der Waals surface area contributed by atoms with Crippen LogP contribution >= 0.6 is 0 Å². The molecule has 0 N–H and O–H groups in total. The van der Waals surface area contributed by atoms with Crippen LogP contribution in [0.5, 0.6) is 5.75 Å². The lowest BCUT2D eigenvalue weighted by Gasteiger charge is -2.10. The molecule has 0 radical (unpaired) electrons. The Kier molecular flexibility index (Phi) is 6.32. The Morgan fingerprint density at radius 2 is 1.79 bits per heavy atom. The first-order valence-electron chi connectivity index (χ1n) is 7.48. The van der Waals surface area contributed by atoms with Crippen LogP contribution in [0.4, 0.5) is 4.39 Å². The van der Waals surface area contributed by atoms with E-state index in [1.54, 1.807) is 25.3 Å². The molecule has 0 aliphatic heterocycles. The summed E-state index contributed by atoms with van der Waals surface area (Å²) in [5.41, 5.74) is 2.46. The maximum absolute atomic E-state index is 13.6. The SMILES string of the molecule is COC(=O)C/C=C/C=C(/c1cccc(F)c1)c1cccc(OC)c1. The fourth-order valence-corrected chi connectivity index (χ4v) is 2.22. The molecule has 0 unspecified atom stereocenters. The van der Waals surface area contributed by atoms with Crippen LogP contribution in [0.15, 0.2) is 66.8 Å². The normalized spacial score (nSPS) is 11.5. The van der Waals surface area contributed by atoms with Crippen molar-refractivity contribution in [3.8, 4) is 5.75 Å². The molecule has 0 aliphatic rings. The molecule has 24 heavy (non-hydrogen) atoms. The zero-order valence-electron chi connectivity index (χ0n) is 13.7. The van der Waals surface area contributed by atoms with Gasteiger partial charge in [-0.1, -0.05) is 42.5 Å². The molecule has 0 bridgehead atoms. The van der Waals surface area contributed by atoms with E-state index in [1.807, 2.05) is 36.4 Å². The molecular formula is C20H19FO3. The number of halogens is 1. The Balaban J connectivity index is 2.39. The summed E-state index contributed by atoms with van der Waals surface area (Å²) in [4.78, 5) is 11.2. The summed E-state index contributed by atoms with van der Waals surface area (Å²) in [7, 11) is 2.95. The first kappa shape index (κ1) is 17.5. The van der Waals surface area contributed by atoms with Gasteiger partial charge in [0.1, 0.15) is 11.6 Å². The standard InChI is InChI=1S/C20H19FO3/c1-23-18-10-6-8-16(14-18)19(11-3-4-12-20(22)24-2)15-7-5-9-17(21)13-15/h3-11,13-14H,12H2,1-2H3/b4-3+,19-11-. The highest BCUT2D eigenvalue weighted by Gasteiger charge is 2.07. The van der Waals surface area contributed by atoms with Crippen molar-refractivity contribution in [1.29, 1.82) is 0 Å². The van der Waals surface area contributed by atoms with Crippen LogP contribution < -0.4 is 4.74 Å². The van der Waals surface area contributed by atoms with Gasteiger partial charge in [-0.15, -0.1) is 0 Å². The first-order chi connectivity index (χ1) is 11.6. The minimum atomic E-state index is -0.312. The van der Waals surface area contributed by atoms with Crippen LogP contribution in [0.1, 0.15) is 17.5 Å². The Labute approximate surface area is 141 Å². The summed E-state index contributed by atoms with van der Waals surface area (Å²) < 4.78 is 23.4. The van der Waals surface area contributed by atoms with Gasteiger partial charge in [-0.05, 0) is 41.0 Å². The Morgan fingerprint density at radius 3 is 2.46 bits per heavy atom. The molecule has 4 heteroatoms. The van der Waals surface area contributed by atoms with E-state index in [0.717, 1.165) is 16.7 Å². The highest BCUT2D eigenvalue weighted by Crippen LogP contribution is 2.27. The summed E-state index contributed by atoms with van der Waals surface area (Å²) in [6.07, 6.45) is 5.48. The van der Waals surface area contributed by atoms with Crippen LogP contribution in [0, 0.1) is 5.82 Å². The topological polar surface area (TPSA) is 35.5 Å². The van der Waals surface area contributed by atoms with Gasteiger partial charge in [-0.2, -0.15) is 0 Å². The molecule has 0 saturated carbocycles. The summed E-state index contributed by atoms with van der Waals surface area (Å²) in [5.74, 6) is 0.0986. The zero-order chi connectivity index (χ0) is 17.4. The van der Waals surface area contributed by atoms with Crippen molar-refractivity contribution in [2.75, 3.05) is 14.2 Å². The number of esters is 1. The number of hydrogen-bond acceptors (Lipinski definition) is 3. The van der Waals surface area contributed by atoms with Gasteiger partial charge in [0.25, 0.3) is 0 Å². The molecule has 2 aromatic rings. The average Bonchev–Trinajstić information content (AvgIpc) is 2.61. The van der Waals surface area contributed by atoms with Gasteiger partial charge in [-0.3, -0.25) is 4.79 Å². The van der Waals surface area contributed by atoms with E-state index in [-0.39, 0.29) is 18.2 Å². The molecule has 0 amide bonds. The lowest BCUT2D eigenvalue weighted by molar-refractivity contribution is -0.139. The third-order valence-electron chi connectivity index (χ3n) is 3.43. The van der Waals surface area contributed by atoms with Gasteiger partial charge in [0.05, 0.1) is 20.6 Å². The molecule has 0 heterocycles. The van der Waals surface area contributed by atoms with Gasteiger partial charge in [0.15, 0.2) is 0 Å². The molecule has 0 aliphatic carbocycles. The van der Waals surface area contributed by atoms with E-state index in [4.69, 9.17) is 4.74 Å². The van der Waals surface area contributed by atoms with Crippen molar-refractivity contribution in [1.82, 2.24) is 0 Å². The molecule has 2 rings (SSSR count). The molecule has 0 aromatic heterocycles. The number of hydrogen-bond donors (Lipinski definition) is 0. The largest absolute Gasteiger partial charge is 0.497 e. The second-order valence-corrected chi connectivity index (χ2v) is 5.03. The van der Waals surface area contributed by atoms with E-state index >= 15 is 0 Å². The van der Waals surface area contributed by atoms with Crippen molar-refractivity contribution >= 4 is 11.5 Å². The summed E-state index contributed by atoms with van der Waals surface area (Å²) in [5, 5.41) is 0. The van der Waals surface area contributed by atoms with Crippen LogP contribution in [0.3, 0.4) is 0 Å². The highest BCUT2D eigenvalue weighted by atomic mass is 19.1. The van der Waals surface area contributed by atoms with Gasteiger partial charge < -0.3 is 9.47 Å². The third-order valence-corrected chi connectivity index (χ3v) is 3.43. The smallest absolute Gasteiger partial charge is 0.309 e. The second kappa shape index (κ2) is 8.67. The van der Waals surface area contributed by atoms with Crippen LogP contribution in [0.25, 0.3) is 5.57 Å². The van der Waals surface area contributed by atoms with Crippen molar-refractivity contribution in [2.24, 2.45) is 0 Å². The van der Waals surface area contributed by atoms with Gasteiger partial charge in [0.2, 0.25) is 0 Å². The Hall–Kier alpha value is -2.88. The fraction of sp³-hybridized carbons (Fsp3) is 0.150. The fourth-order valence-electron chi connectivity index (χ4n) is 2.22. The number of ether oxygens (including phenoxy) is 2. The number of methoxy groups -OCH3 is 2. The number of rotatable bonds is 6. The molecule has 0 spiro atoms. The summed E-state index contributed by atoms with van der Waals surface area (Å²) in [6.45, 7) is 0. The number of carbonyl (C=O) groups excluding carboxylic acids is 1. The molecule has 124 valence electrons. The van der Waals surface area contributed by atoms with Crippen molar-refractivity contribution in [2.45, 2.75) is 6.42 Å². The maximum Gasteiger partial charge on any atom is 0.309 e. The van der Waals surface area contributed by atoms with E-state index in [0.29, 0.717) is 5.75 Å². The van der Waals surface area contributed by atoms with Crippen molar-refractivity contribution < 1.29 is 18.7 Å². The van der Waals surface area contributed by atoms with Crippen LogP contribution in [0.2, 0.25) is 0 Å². The average molecular weight is 326 g/mol. The van der Waals surface area contributed by atoms with Crippen LogP contribution in [-0.2, 0) is 9.53 Å². The molecule has 3 nitrogen and oxygen atoms in total. The number of benzene rings is 2. The minimum absolute atomic E-state index is 0.182. The quantitative estimate of drug-likeness (QED) is 0.583. The van der Waals surface area contributed by atoms with Gasteiger partial charge >= 0.3 is 5.97 Å². The highest BCUT2D eigenvalue weighted by molar-refractivity contribution is 5.81. The molecule has 0 saturated heterocycles. The van der Waals surface area contributed by atoms with Crippen molar-refractivity contribution in [3.63, 3.8) is 0 Å². The van der Waals surface area contributed by atoms with E-state index in [2.05, 4.69) is 4.74 Å². The number of allylic oxidation sites excluding steroid dienone is 2. The van der Waals surface area contributed by atoms with Crippen LogP contribution in [-0.4, -0.2) is 20.2 Å². The lowest BCUT2D eigenvalue weighted by Crippen LogP contribution is -1.96. The second-order valence-electron chi connectivity index (χ2n) is 5.03. The molecule has 0 atom stereocenters. The maximum atomic E-state index is 13.6. The predicted molar refractivity (Wildman–Crippen MR) is 92.2 cm³/mol. The molecule has 0 fully saturated rings. The van der Waals surface area contributed by atoms with Gasteiger partial charge in [-0.25, -0.2) is 4.39 Å². The van der Waals surface area contributed by atoms with Gasteiger partial charge in [0, 0.05) is 0 Å². The molecular weight excluding hydrogens is 307 g/mol. The minimum Gasteiger partial charge on any atom is -0.497 e. The lowest BCUT2D eigenvalue weighted by atomic mass is 9.97. The summed E-state index contributed by atoms with van der Waals surface area (Å²) in [6, 6.07) is 13.9. The third kappa shape index (κ3) is 4.81. The van der Waals surface area contributed by atoms with E-state index in [1.165, 1.54) is 19.2 Å². The summed E-state index contributed by atoms with van der Waals surface area (Å²) >= 11 is 0. The predicted octanol–water partition coefficient (Wildman–Crippen LogP) is 4.39. The zero-order valence-corrected chi connectivity index (χ0v) is 13.7. The monoisotopic (exact) mass is 326 g/mol.